The van der Waals surface area contributed by atoms with E-state index in [-0.39, 0.29) is 11.4 Å². The molecule has 3 amide bonds. The van der Waals surface area contributed by atoms with Crippen LogP contribution in [0.15, 0.2) is 60.0 Å². The summed E-state index contributed by atoms with van der Waals surface area (Å²) in [5, 5.41) is 2.27. The Labute approximate surface area is 179 Å². The Hall–Kier alpha value is -3.32. The molecule has 2 aromatic rings. The average molecular weight is 423 g/mol. The van der Waals surface area contributed by atoms with Crippen molar-refractivity contribution >= 4 is 40.6 Å². The molecular weight excluding hydrogens is 400 g/mol. The largest absolute Gasteiger partial charge is 0.490 e. The first-order valence-corrected chi connectivity index (χ1v) is 10.2. The molecule has 1 heterocycles. The molecule has 1 N–H and O–H groups in total. The number of anilines is 1. The lowest BCUT2D eigenvalue weighted by atomic mass is 10.1. The van der Waals surface area contributed by atoms with Gasteiger partial charge in [-0.25, -0.2) is 0 Å². The molecule has 0 aliphatic carbocycles. The standard InChI is InChI=1S/C23H22N2O4S/c1-4-11-29-19-9-6-17(7-10-19)13-20-22(27)25(23(28)30-20)14-21(26)24-18-8-5-15(2)16(3)12-18/h4-10,12-13H,1,11,14H2,2-3H3,(H,24,26)/b20-13-. The van der Waals surface area contributed by atoms with Crippen molar-refractivity contribution in [3.05, 3.63) is 76.7 Å². The Bertz CT molecular complexity index is 1030. The zero-order valence-electron chi connectivity index (χ0n) is 16.8. The fourth-order valence-corrected chi connectivity index (χ4v) is 3.60. The Morgan fingerprint density at radius 2 is 1.87 bits per heavy atom. The molecule has 0 unspecified atom stereocenters. The first-order chi connectivity index (χ1) is 14.4. The fraction of sp³-hybridized carbons (Fsp3) is 0.174. The second-order valence-electron chi connectivity index (χ2n) is 6.78. The molecule has 154 valence electrons. The van der Waals surface area contributed by atoms with Gasteiger partial charge in [-0.1, -0.05) is 30.9 Å². The van der Waals surface area contributed by atoms with Crippen molar-refractivity contribution in [3.63, 3.8) is 0 Å². The van der Waals surface area contributed by atoms with E-state index in [2.05, 4.69) is 11.9 Å². The van der Waals surface area contributed by atoms with Crippen molar-refractivity contribution in [3.8, 4) is 5.75 Å². The van der Waals surface area contributed by atoms with Gasteiger partial charge in [0.05, 0.1) is 4.91 Å². The molecule has 0 bridgehead atoms. The number of rotatable bonds is 7. The van der Waals surface area contributed by atoms with E-state index < -0.39 is 17.1 Å². The first kappa shape index (κ1) is 21.4. The van der Waals surface area contributed by atoms with Gasteiger partial charge in [-0.05, 0) is 72.6 Å². The van der Waals surface area contributed by atoms with Crippen LogP contribution in [0.25, 0.3) is 6.08 Å². The number of hydrogen-bond acceptors (Lipinski definition) is 5. The van der Waals surface area contributed by atoms with E-state index in [4.69, 9.17) is 4.74 Å². The number of nitrogens with one attached hydrogen (secondary N) is 1. The van der Waals surface area contributed by atoms with Crippen LogP contribution in [0.4, 0.5) is 10.5 Å². The van der Waals surface area contributed by atoms with Gasteiger partial charge in [0.2, 0.25) is 5.91 Å². The third kappa shape index (κ3) is 5.18. The molecule has 6 nitrogen and oxygen atoms in total. The normalized spacial score (nSPS) is 14.9. The third-order valence-electron chi connectivity index (χ3n) is 4.51. The maximum atomic E-state index is 12.6. The van der Waals surface area contributed by atoms with Gasteiger partial charge in [0.25, 0.3) is 11.1 Å². The predicted octanol–water partition coefficient (Wildman–Crippen LogP) is 4.54. The van der Waals surface area contributed by atoms with Gasteiger partial charge in [-0.2, -0.15) is 0 Å². The van der Waals surface area contributed by atoms with Gasteiger partial charge in [0.1, 0.15) is 18.9 Å². The van der Waals surface area contributed by atoms with Crippen molar-refractivity contribution < 1.29 is 19.1 Å². The number of ether oxygens (including phenoxy) is 1. The quantitative estimate of drug-likeness (QED) is 0.524. The third-order valence-corrected chi connectivity index (χ3v) is 5.42. The summed E-state index contributed by atoms with van der Waals surface area (Å²) in [6.45, 7) is 7.60. The summed E-state index contributed by atoms with van der Waals surface area (Å²) >= 11 is 0.821. The minimum absolute atomic E-state index is 0.277. The van der Waals surface area contributed by atoms with Gasteiger partial charge >= 0.3 is 0 Å². The van der Waals surface area contributed by atoms with E-state index >= 15 is 0 Å². The van der Waals surface area contributed by atoms with Gasteiger partial charge in [0, 0.05) is 5.69 Å². The molecule has 30 heavy (non-hydrogen) atoms. The van der Waals surface area contributed by atoms with Gasteiger partial charge in [-0.15, -0.1) is 0 Å². The van der Waals surface area contributed by atoms with E-state index in [1.807, 2.05) is 26.0 Å². The van der Waals surface area contributed by atoms with Crippen molar-refractivity contribution in [2.75, 3.05) is 18.5 Å². The lowest BCUT2D eigenvalue weighted by Gasteiger charge is -2.13. The van der Waals surface area contributed by atoms with E-state index in [1.165, 1.54) is 0 Å². The summed E-state index contributed by atoms with van der Waals surface area (Å²) in [5.74, 6) is -0.221. The fourth-order valence-electron chi connectivity index (χ4n) is 2.77. The second-order valence-corrected chi connectivity index (χ2v) is 7.78. The average Bonchev–Trinajstić information content (AvgIpc) is 2.97. The van der Waals surface area contributed by atoms with Crippen LogP contribution in [0.3, 0.4) is 0 Å². The minimum Gasteiger partial charge on any atom is -0.490 e. The van der Waals surface area contributed by atoms with Crippen LogP contribution in [0.5, 0.6) is 5.75 Å². The molecule has 0 atom stereocenters. The van der Waals surface area contributed by atoms with E-state index in [1.54, 1.807) is 42.5 Å². The van der Waals surface area contributed by atoms with Crippen LogP contribution >= 0.6 is 11.8 Å². The molecule has 2 aromatic carbocycles. The molecule has 0 radical (unpaired) electrons. The highest BCUT2D eigenvalue weighted by Crippen LogP contribution is 2.32. The van der Waals surface area contributed by atoms with Crippen molar-refractivity contribution in [1.82, 2.24) is 4.90 Å². The topological polar surface area (TPSA) is 75.7 Å². The highest BCUT2D eigenvalue weighted by atomic mass is 32.2. The van der Waals surface area contributed by atoms with Crippen molar-refractivity contribution in [1.29, 1.82) is 0 Å². The Morgan fingerprint density at radius 1 is 1.13 bits per heavy atom. The maximum absolute atomic E-state index is 12.6. The molecule has 1 aliphatic rings. The van der Waals surface area contributed by atoms with Crippen LogP contribution in [-0.4, -0.2) is 35.1 Å². The van der Waals surface area contributed by atoms with E-state index in [0.717, 1.165) is 33.4 Å². The molecule has 3 rings (SSSR count). The van der Waals surface area contributed by atoms with Crippen molar-refractivity contribution in [2.24, 2.45) is 0 Å². The molecule has 0 saturated carbocycles. The van der Waals surface area contributed by atoms with E-state index in [0.29, 0.717) is 18.0 Å². The summed E-state index contributed by atoms with van der Waals surface area (Å²) in [7, 11) is 0. The van der Waals surface area contributed by atoms with Gasteiger partial charge in [0.15, 0.2) is 0 Å². The van der Waals surface area contributed by atoms with E-state index in [9.17, 15) is 14.4 Å². The number of carbonyl (C=O) groups is 3. The molecular formula is C23H22N2O4S. The van der Waals surface area contributed by atoms with Crippen LogP contribution in [0, 0.1) is 13.8 Å². The van der Waals surface area contributed by atoms with Crippen LogP contribution in [-0.2, 0) is 9.59 Å². The lowest BCUT2D eigenvalue weighted by Crippen LogP contribution is -2.36. The molecule has 0 aromatic heterocycles. The zero-order chi connectivity index (χ0) is 21.7. The monoisotopic (exact) mass is 422 g/mol. The van der Waals surface area contributed by atoms with Crippen LogP contribution < -0.4 is 10.1 Å². The molecule has 1 saturated heterocycles. The van der Waals surface area contributed by atoms with Crippen LogP contribution in [0.1, 0.15) is 16.7 Å². The predicted molar refractivity (Wildman–Crippen MR) is 119 cm³/mol. The second kappa shape index (κ2) is 9.45. The zero-order valence-corrected chi connectivity index (χ0v) is 17.6. The molecule has 1 fully saturated rings. The first-order valence-electron chi connectivity index (χ1n) is 9.33. The number of imide groups is 1. The number of hydrogen-bond donors (Lipinski definition) is 1. The number of aryl methyl sites for hydroxylation is 2. The summed E-state index contributed by atoms with van der Waals surface area (Å²) in [5.41, 5.74) is 3.54. The maximum Gasteiger partial charge on any atom is 0.294 e. The molecule has 7 heteroatoms. The SMILES string of the molecule is C=CCOc1ccc(/C=C2\SC(=O)N(CC(=O)Nc3ccc(C)c(C)c3)C2=O)cc1. The van der Waals surface area contributed by atoms with Gasteiger partial charge in [-0.3, -0.25) is 19.3 Å². The minimum atomic E-state index is -0.479. The van der Waals surface area contributed by atoms with Gasteiger partial charge < -0.3 is 10.1 Å². The smallest absolute Gasteiger partial charge is 0.294 e. The number of nitrogens with zero attached hydrogens (tertiary/aromatic N) is 1. The summed E-state index contributed by atoms with van der Waals surface area (Å²) < 4.78 is 5.42. The van der Waals surface area contributed by atoms with Crippen LogP contribution in [0.2, 0.25) is 0 Å². The summed E-state index contributed by atoms with van der Waals surface area (Å²) in [6.07, 6.45) is 3.28. The molecule has 1 aliphatic heterocycles. The number of benzene rings is 2. The number of carbonyl (C=O) groups excluding carboxylic acids is 3. The lowest BCUT2D eigenvalue weighted by molar-refractivity contribution is -0.127. The Kier molecular flexibility index (Phi) is 6.74. The highest BCUT2D eigenvalue weighted by Gasteiger charge is 2.36. The van der Waals surface area contributed by atoms with Crippen molar-refractivity contribution in [2.45, 2.75) is 13.8 Å². The summed E-state index contributed by atoms with van der Waals surface area (Å²) in [4.78, 5) is 38.4. The Balaban J connectivity index is 1.65. The highest BCUT2D eigenvalue weighted by molar-refractivity contribution is 8.18. The summed E-state index contributed by atoms with van der Waals surface area (Å²) in [6, 6.07) is 12.7. The number of thioether (sulfide) groups is 1. The molecule has 0 spiro atoms. The number of amides is 3. The Morgan fingerprint density at radius 3 is 2.53 bits per heavy atom.